The van der Waals surface area contributed by atoms with Gasteiger partial charge in [-0.15, -0.1) is 0 Å². The summed E-state index contributed by atoms with van der Waals surface area (Å²) in [5, 5.41) is 12.3. The number of carbonyl (C=O) groups excluding carboxylic acids is 1. The van der Waals surface area contributed by atoms with Crippen LogP contribution >= 0.6 is 11.6 Å². The Morgan fingerprint density at radius 3 is 2.58 bits per heavy atom. The van der Waals surface area contributed by atoms with Gasteiger partial charge in [-0.25, -0.2) is 4.98 Å². The van der Waals surface area contributed by atoms with Crippen LogP contribution in [-0.2, 0) is 16.0 Å². The van der Waals surface area contributed by atoms with Gasteiger partial charge in [-0.1, -0.05) is 11.6 Å². The van der Waals surface area contributed by atoms with E-state index in [4.69, 9.17) is 21.1 Å². The maximum atomic E-state index is 11.8. The van der Waals surface area contributed by atoms with Crippen molar-refractivity contribution >= 4 is 23.5 Å². The molecule has 0 fully saturated rings. The van der Waals surface area contributed by atoms with Gasteiger partial charge in [-0.2, -0.15) is 0 Å². The molecular weight excluding hydrogens is 332 g/mol. The largest absolute Gasteiger partial charge is 0.481 e. The number of benzene rings is 1. The minimum absolute atomic E-state index is 0.0722. The molecule has 1 amide bonds. The first-order valence-corrected chi connectivity index (χ1v) is 7.86. The van der Waals surface area contributed by atoms with Gasteiger partial charge < -0.3 is 14.8 Å². The molecule has 2 aromatic rings. The molecule has 2 rings (SSSR count). The molecule has 0 saturated carbocycles. The molecule has 0 spiro atoms. The van der Waals surface area contributed by atoms with Crippen molar-refractivity contribution < 1.29 is 19.1 Å². The average Bonchev–Trinajstić information content (AvgIpc) is 3.00. The molecule has 6 nitrogen and oxygen atoms in total. The van der Waals surface area contributed by atoms with Crippen molar-refractivity contribution in [3.05, 3.63) is 41.4 Å². The lowest BCUT2D eigenvalue weighted by Crippen LogP contribution is -2.38. The smallest absolute Gasteiger partial charge is 0.310 e. The van der Waals surface area contributed by atoms with Crippen molar-refractivity contribution in [2.75, 3.05) is 6.54 Å². The maximum absolute atomic E-state index is 11.8. The number of oxazole rings is 1. The molecule has 1 heterocycles. The van der Waals surface area contributed by atoms with Crippen molar-refractivity contribution in [1.82, 2.24) is 10.3 Å². The number of hydrogen-bond donors (Lipinski definition) is 2. The van der Waals surface area contributed by atoms with Crippen molar-refractivity contribution in [3.63, 3.8) is 0 Å². The molecule has 0 bridgehead atoms. The molecule has 0 aliphatic carbocycles. The van der Waals surface area contributed by atoms with E-state index in [1.807, 2.05) is 12.1 Å². The summed E-state index contributed by atoms with van der Waals surface area (Å²) in [6.07, 6.45) is 2.12. The van der Waals surface area contributed by atoms with Gasteiger partial charge in [0.2, 0.25) is 5.91 Å². The van der Waals surface area contributed by atoms with E-state index >= 15 is 0 Å². The molecule has 2 N–H and O–H groups in total. The number of nitrogens with one attached hydrogen (secondary N) is 1. The first-order valence-electron chi connectivity index (χ1n) is 7.49. The van der Waals surface area contributed by atoms with Crippen LogP contribution in [-0.4, -0.2) is 28.5 Å². The molecule has 0 atom stereocenters. The van der Waals surface area contributed by atoms with Crippen LogP contribution in [0.5, 0.6) is 0 Å². The summed E-state index contributed by atoms with van der Waals surface area (Å²) in [6.45, 7) is 3.19. The van der Waals surface area contributed by atoms with E-state index in [1.165, 1.54) is 0 Å². The fourth-order valence-electron chi connectivity index (χ4n) is 1.88. The second kappa shape index (κ2) is 7.49. The van der Waals surface area contributed by atoms with Gasteiger partial charge in [-0.05, 0) is 38.1 Å². The van der Waals surface area contributed by atoms with Gasteiger partial charge >= 0.3 is 5.97 Å². The van der Waals surface area contributed by atoms with Gasteiger partial charge in [0.05, 0.1) is 11.6 Å². The van der Waals surface area contributed by atoms with Crippen LogP contribution in [0.4, 0.5) is 0 Å². The molecular formula is C17H19ClN2O4. The van der Waals surface area contributed by atoms with Gasteiger partial charge in [0.1, 0.15) is 0 Å². The maximum Gasteiger partial charge on any atom is 0.310 e. The summed E-state index contributed by atoms with van der Waals surface area (Å²) in [4.78, 5) is 26.9. The van der Waals surface area contributed by atoms with E-state index in [2.05, 4.69) is 10.3 Å². The first-order chi connectivity index (χ1) is 11.3. The number of halogens is 1. The first kappa shape index (κ1) is 18.0. The highest BCUT2D eigenvalue weighted by atomic mass is 35.5. The number of rotatable bonds is 7. The molecule has 7 heteroatoms. The van der Waals surface area contributed by atoms with Crippen molar-refractivity contribution in [2.45, 2.75) is 26.7 Å². The lowest BCUT2D eigenvalue weighted by Gasteiger charge is -2.19. The number of aromatic nitrogens is 1. The average molecular weight is 351 g/mol. The Kier molecular flexibility index (Phi) is 5.62. The van der Waals surface area contributed by atoms with Crippen LogP contribution in [0, 0.1) is 5.41 Å². The molecule has 1 aromatic heterocycles. The normalized spacial score (nSPS) is 11.3. The summed E-state index contributed by atoms with van der Waals surface area (Å²) in [5.41, 5.74) is -0.147. The summed E-state index contributed by atoms with van der Waals surface area (Å²) in [7, 11) is 0. The zero-order chi connectivity index (χ0) is 17.7. The van der Waals surface area contributed by atoms with Crippen molar-refractivity contribution in [1.29, 1.82) is 0 Å². The Labute approximate surface area is 144 Å². The molecule has 1 aromatic carbocycles. The summed E-state index contributed by atoms with van der Waals surface area (Å²) < 4.78 is 5.62. The van der Waals surface area contributed by atoms with Gasteiger partial charge in [0.15, 0.2) is 11.7 Å². The predicted molar refractivity (Wildman–Crippen MR) is 89.7 cm³/mol. The molecule has 0 aliphatic heterocycles. The summed E-state index contributed by atoms with van der Waals surface area (Å²) in [5.74, 6) is -0.139. The number of aliphatic carboxylic acids is 1. The molecule has 24 heavy (non-hydrogen) atoms. The Morgan fingerprint density at radius 2 is 1.96 bits per heavy atom. The number of carboxylic acids is 1. The minimum atomic E-state index is -1.000. The van der Waals surface area contributed by atoms with E-state index in [9.17, 15) is 9.59 Å². The van der Waals surface area contributed by atoms with Crippen LogP contribution in [0.1, 0.15) is 26.2 Å². The highest BCUT2D eigenvalue weighted by Gasteiger charge is 2.27. The van der Waals surface area contributed by atoms with Crippen LogP contribution < -0.4 is 5.32 Å². The third-order valence-electron chi connectivity index (χ3n) is 3.55. The Morgan fingerprint density at radius 1 is 1.29 bits per heavy atom. The lowest BCUT2D eigenvalue weighted by molar-refractivity contribution is -0.146. The molecule has 0 radical (unpaired) electrons. The quantitative estimate of drug-likeness (QED) is 0.800. The summed E-state index contributed by atoms with van der Waals surface area (Å²) >= 11 is 5.84. The Hall–Kier alpha value is -2.34. The van der Waals surface area contributed by atoms with E-state index in [1.54, 1.807) is 32.2 Å². The SMILES string of the molecule is CC(C)(CNC(=O)CCc1ncc(-c2ccc(Cl)cc2)o1)C(=O)O. The second-order valence-electron chi connectivity index (χ2n) is 6.09. The van der Waals surface area contributed by atoms with Gasteiger partial charge in [-0.3, -0.25) is 9.59 Å². The zero-order valence-electron chi connectivity index (χ0n) is 13.5. The van der Waals surface area contributed by atoms with Gasteiger partial charge in [0, 0.05) is 30.0 Å². The highest BCUT2D eigenvalue weighted by molar-refractivity contribution is 6.30. The third-order valence-corrected chi connectivity index (χ3v) is 3.81. The summed E-state index contributed by atoms with van der Waals surface area (Å²) in [6, 6.07) is 7.17. The molecule has 0 aliphatic rings. The number of aryl methyl sites for hydroxylation is 1. The number of carboxylic acid groups (broad SMARTS) is 1. The zero-order valence-corrected chi connectivity index (χ0v) is 14.3. The number of carbonyl (C=O) groups is 2. The fraction of sp³-hybridized carbons (Fsp3) is 0.353. The van der Waals surface area contributed by atoms with Crippen molar-refractivity contribution in [3.8, 4) is 11.3 Å². The lowest BCUT2D eigenvalue weighted by atomic mass is 9.94. The molecule has 0 saturated heterocycles. The Balaban J connectivity index is 1.86. The fourth-order valence-corrected chi connectivity index (χ4v) is 2.00. The van der Waals surface area contributed by atoms with Crippen LogP contribution in [0.3, 0.4) is 0 Å². The molecule has 128 valence electrons. The number of nitrogens with zero attached hydrogens (tertiary/aromatic N) is 1. The second-order valence-corrected chi connectivity index (χ2v) is 6.53. The number of hydrogen-bond acceptors (Lipinski definition) is 4. The van der Waals surface area contributed by atoms with Crippen LogP contribution in [0.2, 0.25) is 5.02 Å². The number of amides is 1. The Bertz CT molecular complexity index is 722. The van der Waals surface area contributed by atoms with Gasteiger partial charge in [0.25, 0.3) is 0 Å². The highest BCUT2D eigenvalue weighted by Crippen LogP contribution is 2.22. The predicted octanol–water partition coefficient (Wildman–Crippen LogP) is 3.15. The minimum Gasteiger partial charge on any atom is -0.481 e. The third kappa shape index (κ3) is 4.83. The standard InChI is InChI=1S/C17H19ClN2O4/c1-17(2,16(22)23)10-20-14(21)7-8-15-19-9-13(24-15)11-3-5-12(18)6-4-11/h3-6,9H,7-8,10H2,1-2H3,(H,20,21)(H,22,23). The van der Waals surface area contributed by atoms with Crippen LogP contribution in [0.15, 0.2) is 34.9 Å². The topological polar surface area (TPSA) is 92.4 Å². The van der Waals surface area contributed by atoms with E-state index < -0.39 is 11.4 Å². The van der Waals surface area contributed by atoms with E-state index in [-0.39, 0.29) is 18.9 Å². The van der Waals surface area contributed by atoms with Crippen LogP contribution in [0.25, 0.3) is 11.3 Å². The van der Waals surface area contributed by atoms with E-state index in [0.29, 0.717) is 23.1 Å². The molecule has 0 unspecified atom stereocenters. The van der Waals surface area contributed by atoms with Crippen molar-refractivity contribution in [2.24, 2.45) is 5.41 Å². The monoisotopic (exact) mass is 350 g/mol. The van der Waals surface area contributed by atoms with E-state index in [0.717, 1.165) is 5.56 Å².